The summed E-state index contributed by atoms with van der Waals surface area (Å²) in [6.07, 6.45) is 2.55. The third-order valence-electron chi connectivity index (χ3n) is 5.38. The molecule has 5 heteroatoms. The van der Waals surface area contributed by atoms with Crippen LogP contribution >= 0.6 is 0 Å². The van der Waals surface area contributed by atoms with E-state index in [1.807, 2.05) is 24.3 Å². The number of fused-ring (bicyclic) bond motifs is 1. The summed E-state index contributed by atoms with van der Waals surface area (Å²) in [4.78, 5) is 24.5. The van der Waals surface area contributed by atoms with E-state index in [1.54, 1.807) is 36.4 Å². The van der Waals surface area contributed by atoms with Gasteiger partial charge >= 0.3 is 0 Å². The minimum Gasteiger partial charge on any atom is -0.348 e. The van der Waals surface area contributed by atoms with Crippen molar-refractivity contribution in [2.75, 3.05) is 0 Å². The fourth-order valence-corrected chi connectivity index (χ4v) is 3.62. The van der Waals surface area contributed by atoms with Crippen molar-refractivity contribution in [3.8, 4) is 0 Å². The maximum absolute atomic E-state index is 15.2. The topological polar surface area (TPSA) is 58.2 Å². The summed E-state index contributed by atoms with van der Waals surface area (Å²) >= 11 is 0. The second kappa shape index (κ2) is 7.51. The Morgan fingerprint density at radius 2 is 1.76 bits per heavy atom. The summed E-state index contributed by atoms with van der Waals surface area (Å²) < 4.78 is 15.2. The van der Waals surface area contributed by atoms with Gasteiger partial charge in [0.05, 0.1) is 5.54 Å². The van der Waals surface area contributed by atoms with Crippen LogP contribution in [0.15, 0.2) is 73.3 Å². The smallest absolute Gasteiger partial charge is 0.252 e. The van der Waals surface area contributed by atoms with Gasteiger partial charge in [0.15, 0.2) is 0 Å². The van der Waals surface area contributed by atoms with Crippen LogP contribution in [0, 0.1) is 5.82 Å². The molecule has 0 aliphatic heterocycles. The van der Waals surface area contributed by atoms with Crippen molar-refractivity contribution in [1.29, 1.82) is 0 Å². The minimum atomic E-state index is -0.692. The Labute approximate surface area is 168 Å². The van der Waals surface area contributed by atoms with Crippen molar-refractivity contribution >= 4 is 22.6 Å². The fraction of sp³-hybridized carbons (Fsp3) is 0.167. The lowest BCUT2D eigenvalue weighted by Crippen LogP contribution is -2.36. The van der Waals surface area contributed by atoms with Crippen LogP contribution in [0.5, 0.6) is 0 Å². The van der Waals surface area contributed by atoms with Crippen LogP contribution in [0.2, 0.25) is 0 Å². The molecule has 29 heavy (non-hydrogen) atoms. The number of rotatable bonds is 6. The van der Waals surface area contributed by atoms with E-state index in [4.69, 9.17) is 0 Å². The van der Waals surface area contributed by atoms with E-state index >= 15 is 4.39 Å². The van der Waals surface area contributed by atoms with E-state index in [9.17, 15) is 9.59 Å². The molecule has 3 aromatic rings. The summed E-state index contributed by atoms with van der Waals surface area (Å²) in [5, 5.41) is 7.11. The molecule has 1 aliphatic carbocycles. The maximum Gasteiger partial charge on any atom is 0.252 e. The molecule has 1 fully saturated rings. The lowest BCUT2D eigenvalue weighted by molar-refractivity contribution is -0.116. The summed E-state index contributed by atoms with van der Waals surface area (Å²) in [7, 11) is 0. The Hall–Kier alpha value is -3.47. The molecular formula is C24H21FN2O2. The van der Waals surface area contributed by atoms with Gasteiger partial charge in [-0.3, -0.25) is 9.59 Å². The van der Waals surface area contributed by atoms with E-state index < -0.39 is 5.54 Å². The predicted octanol–water partition coefficient (Wildman–Crippen LogP) is 4.20. The second-order valence-corrected chi connectivity index (χ2v) is 7.26. The average Bonchev–Trinajstić information content (AvgIpc) is 3.52. The number of benzene rings is 3. The zero-order chi connectivity index (χ0) is 20.4. The average molecular weight is 388 g/mol. The molecule has 0 spiro atoms. The zero-order valence-corrected chi connectivity index (χ0v) is 15.9. The SMILES string of the molecule is C=CC(=O)NCc1ccccc1C(=O)NC1(c2ccc3ccccc3c2F)CC1. The van der Waals surface area contributed by atoms with Crippen molar-refractivity contribution in [3.63, 3.8) is 0 Å². The highest BCUT2D eigenvalue weighted by Gasteiger charge is 2.47. The largest absolute Gasteiger partial charge is 0.348 e. The minimum absolute atomic E-state index is 0.214. The van der Waals surface area contributed by atoms with E-state index in [0.29, 0.717) is 34.9 Å². The van der Waals surface area contributed by atoms with Gasteiger partial charge in [-0.2, -0.15) is 0 Å². The monoisotopic (exact) mass is 388 g/mol. The highest BCUT2D eigenvalue weighted by atomic mass is 19.1. The molecule has 0 bridgehead atoms. The summed E-state index contributed by atoms with van der Waals surface area (Å²) in [5.41, 5.74) is 0.976. The standard InChI is InChI=1S/C24H21FN2O2/c1-2-21(28)26-15-17-8-4-6-10-19(17)23(29)27-24(13-14-24)20-12-11-16-7-3-5-9-18(16)22(20)25/h2-12H,1,13-15H2,(H,26,28)(H,27,29). The van der Waals surface area contributed by atoms with Crippen LogP contribution in [0.3, 0.4) is 0 Å². The number of amides is 2. The lowest BCUT2D eigenvalue weighted by atomic mass is 9.98. The van der Waals surface area contributed by atoms with E-state index in [1.165, 1.54) is 6.08 Å². The van der Waals surface area contributed by atoms with Gasteiger partial charge in [0, 0.05) is 23.1 Å². The first-order valence-electron chi connectivity index (χ1n) is 9.52. The van der Waals surface area contributed by atoms with Crippen molar-refractivity contribution in [3.05, 3.63) is 95.8 Å². The molecule has 2 N–H and O–H groups in total. The molecule has 146 valence electrons. The van der Waals surface area contributed by atoms with Crippen LogP contribution in [0.25, 0.3) is 10.8 Å². The number of carbonyl (C=O) groups excluding carboxylic acids is 2. The Bertz CT molecular complexity index is 1120. The molecule has 0 saturated heterocycles. The molecule has 0 aromatic heterocycles. The van der Waals surface area contributed by atoms with E-state index in [2.05, 4.69) is 17.2 Å². The molecule has 4 nitrogen and oxygen atoms in total. The van der Waals surface area contributed by atoms with E-state index in [0.717, 1.165) is 5.39 Å². The molecule has 0 unspecified atom stereocenters. The molecule has 2 amide bonds. The first-order chi connectivity index (χ1) is 14.0. The van der Waals surface area contributed by atoms with Crippen LogP contribution in [0.4, 0.5) is 4.39 Å². The van der Waals surface area contributed by atoms with Gasteiger partial charge < -0.3 is 10.6 Å². The summed E-state index contributed by atoms with van der Waals surface area (Å²) in [5.74, 6) is -0.872. The molecule has 0 atom stereocenters. The van der Waals surface area contributed by atoms with Gasteiger partial charge in [-0.25, -0.2) is 4.39 Å². The quantitative estimate of drug-likeness (QED) is 0.622. The second-order valence-electron chi connectivity index (χ2n) is 7.26. The van der Waals surface area contributed by atoms with Crippen LogP contribution in [-0.2, 0) is 16.9 Å². The van der Waals surface area contributed by atoms with Gasteiger partial charge in [-0.1, -0.05) is 61.2 Å². The Kier molecular flexibility index (Phi) is 4.89. The number of hydrogen-bond donors (Lipinski definition) is 2. The zero-order valence-electron chi connectivity index (χ0n) is 15.9. The van der Waals surface area contributed by atoms with Gasteiger partial charge in [0.25, 0.3) is 5.91 Å². The third kappa shape index (κ3) is 3.63. The Morgan fingerprint density at radius 3 is 2.52 bits per heavy atom. The van der Waals surface area contributed by atoms with Gasteiger partial charge in [-0.05, 0) is 35.9 Å². The van der Waals surface area contributed by atoms with Gasteiger partial charge in [-0.15, -0.1) is 0 Å². The molecule has 1 aliphatic rings. The molecule has 0 radical (unpaired) electrons. The molecule has 4 rings (SSSR count). The molecular weight excluding hydrogens is 367 g/mol. The van der Waals surface area contributed by atoms with Crippen LogP contribution in [-0.4, -0.2) is 11.8 Å². The van der Waals surface area contributed by atoms with Gasteiger partial charge in [0.1, 0.15) is 5.82 Å². The van der Waals surface area contributed by atoms with Crippen LogP contribution in [0.1, 0.15) is 34.3 Å². The highest BCUT2D eigenvalue weighted by Crippen LogP contribution is 2.47. The van der Waals surface area contributed by atoms with Crippen molar-refractivity contribution in [1.82, 2.24) is 10.6 Å². The number of carbonyl (C=O) groups is 2. The molecule has 1 saturated carbocycles. The number of nitrogens with one attached hydrogen (secondary N) is 2. The van der Waals surface area contributed by atoms with Gasteiger partial charge in [0.2, 0.25) is 5.91 Å². The summed E-state index contributed by atoms with van der Waals surface area (Å²) in [6, 6.07) is 18.0. The highest BCUT2D eigenvalue weighted by molar-refractivity contribution is 5.97. The third-order valence-corrected chi connectivity index (χ3v) is 5.38. The van der Waals surface area contributed by atoms with Crippen molar-refractivity contribution in [2.45, 2.75) is 24.9 Å². The lowest BCUT2D eigenvalue weighted by Gasteiger charge is -2.21. The Morgan fingerprint density at radius 1 is 1.03 bits per heavy atom. The van der Waals surface area contributed by atoms with E-state index in [-0.39, 0.29) is 24.2 Å². The normalized spacial score (nSPS) is 14.2. The summed E-state index contributed by atoms with van der Waals surface area (Å²) in [6.45, 7) is 3.64. The fourth-order valence-electron chi connectivity index (χ4n) is 3.62. The van der Waals surface area contributed by atoms with Crippen LogP contribution < -0.4 is 10.6 Å². The maximum atomic E-state index is 15.2. The molecule has 3 aromatic carbocycles. The first kappa shape index (κ1) is 18.9. The Balaban J connectivity index is 1.60. The molecule has 0 heterocycles. The predicted molar refractivity (Wildman–Crippen MR) is 111 cm³/mol. The number of hydrogen-bond acceptors (Lipinski definition) is 2. The number of halogens is 1. The van der Waals surface area contributed by atoms with Crippen molar-refractivity contribution in [2.24, 2.45) is 0 Å². The van der Waals surface area contributed by atoms with Crippen molar-refractivity contribution < 1.29 is 14.0 Å². The first-order valence-corrected chi connectivity index (χ1v) is 9.52.